The van der Waals surface area contributed by atoms with Crippen LogP contribution in [0.25, 0.3) is 0 Å². The van der Waals surface area contributed by atoms with E-state index in [-0.39, 0.29) is 11.3 Å². The van der Waals surface area contributed by atoms with Crippen molar-refractivity contribution in [3.63, 3.8) is 0 Å². The van der Waals surface area contributed by atoms with Crippen molar-refractivity contribution in [2.24, 2.45) is 5.92 Å². The Kier molecular flexibility index (Phi) is 4.37. The first-order valence-electron chi connectivity index (χ1n) is 5.96. The highest BCUT2D eigenvalue weighted by Crippen LogP contribution is 2.15. The van der Waals surface area contributed by atoms with Gasteiger partial charge in [-0.1, -0.05) is 13.8 Å². The molecule has 1 heterocycles. The summed E-state index contributed by atoms with van der Waals surface area (Å²) in [5.74, 6) is 0.714. The second-order valence-electron chi connectivity index (χ2n) is 5.64. The van der Waals surface area contributed by atoms with Crippen molar-refractivity contribution >= 4 is 10.0 Å². The van der Waals surface area contributed by atoms with Gasteiger partial charge >= 0.3 is 0 Å². The molecule has 0 unspecified atom stereocenters. The van der Waals surface area contributed by atoms with Crippen LogP contribution in [0.2, 0.25) is 0 Å². The summed E-state index contributed by atoms with van der Waals surface area (Å²) >= 11 is 0. The predicted octanol–water partition coefficient (Wildman–Crippen LogP) is 1.05. The van der Waals surface area contributed by atoms with Gasteiger partial charge in [-0.25, -0.2) is 8.42 Å². The van der Waals surface area contributed by atoms with Crippen molar-refractivity contribution in [3.8, 4) is 0 Å². The van der Waals surface area contributed by atoms with Crippen LogP contribution in [0, 0.1) is 5.92 Å². The Balaban J connectivity index is 2.61. The van der Waals surface area contributed by atoms with E-state index in [1.165, 1.54) is 0 Å². The van der Waals surface area contributed by atoms with E-state index in [0.29, 0.717) is 19.0 Å². The third-order valence-corrected chi connectivity index (χ3v) is 4.73. The lowest BCUT2D eigenvalue weighted by Crippen LogP contribution is -2.58. The smallest absolute Gasteiger partial charge is 0.214 e. The SMILES string of the molecule is CC(C)CCS(=O)(=O)N1CCNC(C)(C)C1. The van der Waals surface area contributed by atoms with E-state index in [1.54, 1.807) is 4.31 Å². The van der Waals surface area contributed by atoms with Crippen LogP contribution in [-0.2, 0) is 10.0 Å². The van der Waals surface area contributed by atoms with Gasteiger partial charge < -0.3 is 5.32 Å². The zero-order valence-electron chi connectivity index (χ0n) is 10.8. The summed E-state index contributed by atoms with van der Waals surface area (Å²) < 4.78 is 25.8. The highest BCUT2D eigenvalue weighted by atomic mass is 32.2. The van der Waals surface area contributed by atoms with Crippen LogP contribution in [0.4, 0.5) is 0 Å². The van der Waals surface area contributed by atoms with E-state index >= 15 is 0 Å². The molecule has 1 saturated heterocycles. The Morgan fingerprint density at radius 1 is 1.38 bits per heavy atom. The molecular formula is C11H24N2O2S. The maximum atomic E-state index is 12.1. The zero-order valence-corrected chi connectivity index (χ0v) is 11.6. The molecule has 5 heteroatoms. The first kappa shape index (κ1) is 13.9. The molecule has 0 saturated carbocycles. The molecule has 1 rings (SSSR count). The van der Waals surface area contributed by atoms with Crippen molar-refractivity contribution in [1.82, 2.24) is 9.62 Å². The van der Waals surface area contributed by atoms with Gasteiger partial charge in [0.1, 0.15) is 0 Å². The summed E-state index contributed by atoms with van der Waals surface area (Å²) in [5.41, 5.74) is -0.108. The molecule has 0 aromatic heterocycles. The maximum absolute atomic E-state index is 12.1. The van der Waals surface area contributed by atoms with E-state index < -0.39 is 10.0 Å². The van der Waals surface area contributed by atoms with Crippen LogP contribution >= 0.6 is 0 Å². The number of sulfonamides is 1. The van der Waals surface area contributed by atoms with E-state index in [0.717, 1.165) is 13.0 Å². The molecule has 0 bridgehead atoms. The summed E-state index contributed by atoms with van der Waals surface area (Å²) in [4.78, 5) is 0. The largest absolute Gasteiger partial charge is 0.309 e. The molecule has 1 aliphatic rings. The van der Waals surface area contributed by atoms with Gasteiger partial charge in [-0.05, 0) is 26.2 Å². The fourth-order valence-corrected chi connectivity index (χ4v) is 3.76. The summed E-state index contributed by atoms with van der Waals surface area (Å²) in [7, 11) is -3.06. The highest BCUT2D eigenvalue weighted by molar-refractivity contribution is 7.89. The van der Waals surface area contributed by atoms with Crippen molar-refractivity contribution in [2.45, 2.75) is 39.7 Å². The minimum absolute atomic E-state index is 0.108. The molecule has 0 atom stereocenters. The number of hydrogen-bond donors (Lipinski definition) is 1. The molecule has 4 nitrogen and oxygen atoms in total. The Labute approximate surface area is 99.5 Å². The first-order valence-corrected chi connectivity index (χ1v) is 7.57. The second kappa shape index (κ2) is 5.02. The van der Waals surface area contributed by atoms with E-state index in [2.05, 4.69) is 19.2 Å². The summed E-state index contributed by atoms with van der Waals surface area (Å²) in [5, 5.41) is 3.32. The standard InChI is InChI=1S/C11H24N2O2S/c1-10(2)5-8-16(14,15)13-7-6-12-11(3,4)9-13/h10,12H,5-9H2,1-4H3. The molecule has 1 N–H and O–H groups in total. The molecule has 0 spiro atoms. The molecule has 96 valence electrons. The Morgan fingerprint density at radius 3 is 2.50 bits per heavy atom. The minimum atomic E-state index is -3.06. The van der Waals surface area contributed by atoms with Gasteiger partial charge in [0.25, 0.3) is 0 Å². The van der Waals surface area contributed by atoms with E-state index in [1.807, 2.05) is 13.8 Å². The third-order valence-electron chi connectivity index (χ3n) is 2.88. The quantitative estimate of drug-likeness (QED) is 0.809. The van der Waals surface area contributed by atoms with Crippen LogP contribution in [0.1, 0.15) is 34.1 Å². The normalized spacial score (nSPS) is 22.6. The zero-order chi connectivity index (χ0) is 12.4. The fourth-order valence-electron chi connectivity index (χ4n) is 1.85. The molecule has 0 aromatic carbocycles. The lowest BCUT2D eigenvalue weighted by atomic mass is 10.0. The van der Waals surface area contributed by atoms with Crippen LogP contribution in [0.3, 0.4) is 0 Å². The second-order valence-corrected chi connectivity index (χ2v) is 7.73. The fraction of sp³-hybridized carbons (Fsp3) is 1.00. The summed E-state index contributed by atoms with van der Waals surface area (Å²) in [6.07, 6.45) is 0.743. The average Bonchev–Trinajstić information content (AvgIpc) is 2.13. The Bertz CT molecular complexity index is 323. The first-order chi connectivity index (χ1) is 7.23. The number of nitrogens with zero attached hydrogens (tertiary/aromatic N) is 1. The number of nitrogens with one attached hydrogen (secondary N) is 1. The molecule has 16 heavy (non-hydrogen) atoms. The van der Waals surface area contributed by atoms with Gasteiger partial charge in [0.2, 0.25) is 10.0 Å². The van der Waals surface area contributed by atoms with Gasteiger partial charge in [0, 0.05) is 25.2 Å². The van der Waals surface area contributed by atoms with Crippen LogP contribution in [-0.4, -0.2) is 43.6 Å². The summed E-state index contributed by atoms with van der Waals surface area (Å²) in [6.45, 7) is 10.1. The van der Waals surface area contributed by atoms with Crippen LogP contribution in [0.5, 0.6) is 0 Å². The lowest BCUT2D eigenvalue weighted by molar-refractivity contribution is 0.233. The summed E-state index contributed by atoms with van der Waals surface area (Å²) in [6, 6.07) is 0. The average molecular weight is 248 g/mol. The third kappa shape index (κ3) is 4.03. The monoisotopic (exact) mass is 248 g/mol. The van der Waals surface area contributed by atoms with E-state index in [9.17, 15) is 8.42 Å². The van der Waals surface area contributed by atoms with Gasteiger partial charge in [-0.2, -0.15) is 4.31 Å². The maximum Gasteiger partial charge on any atom is 0.214 e. The molecule has 0 radical (unpaired) electrons. The van der Waals surface area contributed by atoms with Crippen LogP contribution < -0.4 is 5.32 Å². The van der Waals surface area contributed by atoms with Gasteiger partial charge in [0.15, 0.2) is 0 Å². The molecule has 1 aliphatic heterocycles. The molecule has 0 aliphatic carbocycles. The van der Waals surface area contributed by atoms with Gasteiger partial charge in [-0.15, -0.1) is 0 Å². The van der Waals surface area contributed by atoms with Crippen molar-refractivity contribution in [2.75, 3.05) is 25.4 Å². The number of piperazine rings is 1. The van der Waals surface area contributed by atoms with Gasteiger partial charge in [-0.3, -0.25) is 0 Å². The topological polar surface area (TPSA) is 49.4 Å². The lowest BCUT2D eigenvalue weighted by Gasteiger charge is -2.38. The molecular weight excluding hydrogens is 224 g/mol. The number of hydrogen-bond acceptors (Lipinski definition) is 3. The van der Waals surface area contributed by atoms with Crippen molar-refractivity contribution in [1.29, 1.82) is 0 Å². The highest BCUT2D eigenvalue weighted by Gasteiger charge is 2.32. The minimum Gasteiger partial charge on any atom is -0.309 e. The van der Waals surface area contributed by atoms with Crippen LogP contribution in [0.15, 0.2) is 0 Å². The number of rotatable bonds is 4. The van der Waals surface area contributed by atoms with Gasteiger partial charge in [0.05, 0.1) is 5.75 Å². The van der Waals surface area contributed by atoms with Crippen molar-refractivity contribution < 1.29 is 8.42 Å². The Morgan fingerprint density at radius 2 is 2.00 bits per heavy atom. The van der Waals surface area contributed by atoms with Crippen molar-refractivity contribution in [3.05, 3.63) is 0 Å². The predicted molar refractivity (Wildman–Crippen MR) is 66.9 cm³/mol. The Hall–Kier alpha value is -0.130. The molecule has 0 amide bonds. The molecule has 1 fully saturated rings. The molecule has 0 aromatic rings. The van der Waals surface area contributed by atoms with E-state index in [4.69, 9.17) is 0 Å².